The van der Waals surface area contributed by atoms with Gasteiger partial charge >= 0.3 is 0 Å². The van der Waals surface area contributed by atoms with Gasteiger partial charge in [0, 0.05) is 6.54 Å². The van der Waals surface area contributed by atoms with Gasteiger partial charge in [-0.2, -0.15) is 5.12 Å². The molecule has 0 heterocycles. The van der Waals surface area contributed by atoms with Crippen LogP contribution in [-0.2, 0) is 6.42 Å². The molecule has 0 aromatic heterocycles. The summed E-state index contributed by atoms with van der Waals surface area (Å²) >= 11 is 0. The van der Waals surface area contributed by atoms with Crippen molar-refractivity contribution in [2.45, 2.75) is 6.42 Å². The van der Waals surface area contributed by atoms with Crippen LogP contribution in [0.2, 0.25) is 0 Å². The van der Waals surface area contributed by atoms with Crippen molar-refractivity contribution < 1.29 is 10.2 Å². The third kappa shape index (κ3) is 2.90. The molecule has 0 unspecified atom stereocenters. The van der Waals surface area contributed by atoms with Crippen LogP contribution in [0.4, 0.5) is 0 Å². The van der Waals surface area contributed by atoms with Crippen LogP contribution in [0.5, 0.6) is 11.5 Å². The number of hydrazine groups is 2. The average molecular weight is 183 g/mol. The van der Waals surface area contributed by atoms with Crippen LogP contribution in [0.3, 0.4) is 0 Å². The van der Waals surface area contributed by atoms with Crippen molar-refractivity contribution in [1.82, 2.24) is 5.12 Å². The van der Waals surface area contributed by atoms with Gasteiger partial charge in [0.2, 0.25) is 0 Å². The highest BCUT2D eigenvalue weighted by Crippen LogP contribution is 2.24. The number of hydrogen-bond acceptors (Lipinski definition) is 5. The van der Waals surface area contributed by atoms with E-state index < -0.39 is 0 Å². The summed E-state index contributed by atoms with van der Waals surface area (Å²) in [5.41, 5.74) is 0.871. The van der Waals surface area contributed by atoms with Crippen LogP contribution < -0.4 is 11.7 Å². The van der Waals surface area contributed by atoms with Crippen molar-refractivity contribution in [3.8, 4) is 11.5 Å². The zero-order valence-electron chi connectivity index (χ0n) is 7.14. The predicted octanol–water partition coefficient (Wildman–Crippen LogP) is -0.310. The summed E-state index contributed by atoms with van der Waals surface area (Å²) < 4.78 is 0. The minimum Gasteiger partial charge on any atom is -0.504 e. The molecule has 6 N–H and O–H groups in total. The molecular weight excluding hydrogens is 170 g/mol. The molecule has 0 aliphatic carbocycles. The van der Waals surface area contributed by atoms with Crippen LogP contribution in [-0.4, -0.2) is 21.9 Å². The van der Waals surface area contributed by atoms with E-state index in [9.17, 15) is 0 Å². The Balaban J connectivity index is 2.63. The maximum absolute atomic E-state index is 9.14. The van der Waals surface area contributed by atoms with Crippen molar-refractivity contribution in [1.29, 1.82) is 0 Å². The quantitative estimate of drug-likeness (QED) is 0.293. The fraction of sp³-hybridized carbons (Fsp3) is 0.250. The van der Waals surface area contributed by atoms with Gasteiger partial charge in [-0.3, -0.25) is 11.7 Å². The van der Waals surface area contributed by atoms with Gasteiger partial charge in [0.1, 0.15) is 0 Å². The van der Waals surface area contributed by atoms with E-state index in [1.807, 2.05) is 0 Å². The van der Waals surface area contributed by atoms with E-state index in [1.54, 1.807) is 6.07 Å². The normalized spacial score (nSPS) is 10.7. The lowest BCUT2D eigenvalue weighted by Crippen LogP contribution is -2.39. The largest absolute Gasteiger partial charge is 0.504 e. The number of nitrogens with zero attached hydrogens (tertiary/aromatic N) is 1. The Kier molecular flexibility index (Phi) is 3.07. The first-order valence-corrected chi connectivity index (χ1v) is 3.87. The molecule has 1 aromatic rings. The highest BCUT2D eigenvalue weighted by atomic mass is 16.3. The van der Waals surface area contributed by atoms with Crippen LogP contribution >= 0.6 is 0 Å². The van der Waals surface area contributed by atoms with E-state index >= 15 is 0 Å². The van der Waals surface area contributed by atoms with Gasteiger partial charge < -0.3 is 10.2 Å². The number of rotatable bonds is 3. The highest BCUT2D eigenvalue weighted by Gasteiger charge is 2.00. The summed E-state index contributed by atoms with van der Waals surface area (Å²) in [4.78, 5) is 0. The Morgan fingerprint density at radius 3 is 2.38 bits per heavy atom. The molecule has 1 aromatic carbocycles. The Hall–Kier alpha value is -1.30. The molecular formula is C8H13N3O2. The molecule has 0 amide bonds. The van der Waals surface area contributed by atoms with Crippen molar-refractivity contribution in [3.63, 3.8) is 0 Å². The lowest BCUT2D eigenvalue weighted by atomic mass is 10.1. The summed E-state index contributed by atoms with van der Waals surface area (Å²) in [6.07, 6.45) is 0.626. The lowest BCUT2D eigenvalue weighted by Gasteiger charge is -2.08. The van der Waals surface area contributed by atoms with Crippen molar-refractivity contribution in [3.05, 3.63) is 23.8 Å². The number of aromatic hydroxyl groups is 2. The van der Waals surface area contributed by atoms with E-state index in [-0.39, 0.29) is 11.5 Å². The van der Waals surface area contributed by atoms with Crippen LogP contribution in [0, 0.1) is 0 Å². The second kappa shape index (κ2) is 4.08. The van der Waals surface area contributed by atoms with E-state index in [2.05, 4.69) is 0 Å². The minimum atomic E-state index is -0.127. The zero-order chi connectivity index (χ0) is 9.84. The molecule has 0 fully saturated rings. The molecule has 0 radical (unpaired) electrons. The monoisotopic (exact) mass is 183 g/mol. The van der Waals surface area contributed by atoms with Gasteiger partial charge in [0.15, 0.2) is 11.5 Å². The number of benzene rings is 1. The Bertz CT molecular complexity index is 289. The second-order valence-corrected chi connectivity index (χ2v) is 2.81. The first-order chi connectivity index (χ1) is 6.09. The Morgan fingerprint density at radius 2 is 1.85 bits per heavy atom. The van der Waals surface area contributed by atoms with Crippen molar-refractivity contribution in [2.75, 3.05) is 6.54 Å². The maximum atomic E-state index is 9.14. The summed E-state index contributed by atoms with van der Waals surface area (Å²) in [5.74, 6) is 10.2. The molecule has 0 aliphatic heterocycles. The third-order valence-electron chi connectivity index (χ3n) is 1.70. The summed E-state index contributed by atoms with van der Waals surface area (Å²) in [5, 5.41) is 19.2. The predicted molar refractivity (Wildman–Crippen MR) is 48.6 cm³/mol. The van der Waals surface area contributed by atoms with Crippen molar-refractivity contribution in [2.24, 2.45) is 11.7 Å². The number of nitrogens with two attached hydrogens (primary N) is 2. The maximum Gasteiger partial charge on any atom is 0.157 e. The first-order valence-electron chi connectivity index (χ1n) is 3.87. The van der Waals surface area contributed by atoms with Crippen LogP contribution in [0.15, 0.2) is 18.2 Å². The van der Waals surface area contributed by atoms with Gasteiger partial charge in [-0.15, -0.1) is 0 Å². The van der Waals surface area contributed by atoms with Crippen molar-refractivity contribution >= 4 is 0 Å². The molecule has 0 aliphatic rings. The molecule has 0 saturated carbocycles. The number of phenolic OH excluding ortho intramolecular Hbond substituents is 2. The smallest absolute Gasteiger partial charge is 0.157 e. The van der Waals surface area contributed by atoms with E-state index in [0.717, 1.165) is 10.7 Å². The SMILES string of the molecule is NN(N)CCc1ccc(O)c(O)c1. The standard InChI is InChI=1S/C8H13N3O2/c9-11(10)4-3-6-1-2-7(12)8(13)5-6/h1-2,5,12-13H,3-4,9-10H2. The molecule has 72 valence electrons. The second-order valence-electron chi connectivity index (χ2n) is 2.81. The van der Waals surface area contributed by atoms with Crippen LogP contribution in [0.1, 0.15) is 5.56 Å². The van der Waals surface area contributed by atoms with E-state index in [4.69, 9.17) is 21.9 Å². The molecule has 5 heteroatoms. The summed E-state index contributed by atoms with van der Waals surface area (Å²) in [7, 11) is 0. The number of hydrogen-bond donors (Lipinski definition) is 4. The minimum absolute atomic E-state index is 0.124. The van der Waals surface area contributed by atoms with Gasteiger partial charge in [0.05, 0.1) is 0 Å². The molecule has 5 nitrogen and oxygen atoms in total. The van der Waals surface area contributed by atoms with Gasteiger partial charge in [0.25, 0.3) is 0 Å². The van der Waals surface area contributed by atoms with Gasteiger partial charge in [-0.05, 0) is 24.1 Å². The molecule has 0 bridgehead atoms. The van der Waals surface area contributed by atoms with E-state index in [1.165, 1.54) is 12.1 Å². The lowest BCUT2D eigenvalue weighted by molar-refractivity contribution is 0.298. The fourth-order valence-electron chi connectivity index (χ4n) is 0.983. The van der Waals surface area contributed by atoms with E-state index in [0.29, 0.717) is 13.0 Å². The molecule has 0 saturated heterocycles. The third-order valence-corrected chi connectivity index (χ3v) is 1.70. The van der Waals surface area contributed by atoms with Crippen LogP contribution in [0.25, 0.3) is 0 Å². The molecule has 1 rings (SSSR count). The average Bonchev–Trinajstić information content (AvgIpc) is 2.07. The molecule has 0 atom stereocenters. The topological polar surface area (TPSA) is 95.7 Å². The van der Waals surface area contributed by atoms with Gasteiger partial charge in [-0.1, -0.05) is 6.07 Å². The molecule has 13 heavy (non-hydrogen) atoms. The Morgan fingerprint density at radius 1 is 1.15 bits per heavy atom. The number of phenols is 2. The highest BCUT2D eigenvalue weighted by molar-refractivity contribution is 5.40. The summed E-state index contributed by atoms with van der Waals surface area (Å²) in [6, 6.07) is 4.62. The molecule has 0 spiro atoms. The summed E-state index contributed by atoms with van der Waals surface area (Å²) in [6.45, 7) is 0.490. The fourth-order valence-corrected chi connectivity index (χ4v) is 0.983. The van der Waals surface area contributed by atoms with Gasteiger partial charge in [-0.25, -0.2) is 0 Å². The first kappa shape index (κ1) is 9.79. The Labute approximate surface area is 76.1 Å². The zero-order valence-corrected chi connectivity index (χ0v) is 7.14.